The van der Waals surface area contributed by atoms with Crippen molar-refractivity contribution < 1.29 is 9.90 Å². The molecule has 0 spiro atoms. The normalized spacial score (nSPS) is 37.0. The van der Waals surface area contributed by atoms with E-state index in [9.17, 15) is 4.79 Å². The van der Waals surface area contributed by atoms with Crippen LogP contribution in [-0.4, -0.2) is 16.6 Å². The summed E-state index contributed by atoms with van der Waals surface area (Å²) < 4.78 is 0. The molecule has 0 heterocycles. The number of carboxylic acids is 1. The molecule has 1 fully saturated rings. The van der Waals surface area contributed by atoms with Crippen LogP contribution in [0, 0.1) is 11.8 Å². The molecule has 3 N–H and O–H groups in total. The summed E-state index contributed by atoms with van der Waals surface area (Å²) in [6.07, 6.45) is 3.82. The minimum atomic E-state index is -0.767. The Kier molecular flexibility index (Phi) is 2.96. The first-order valence-electron chi connectivity index (χ1n) is 4.97. The van der Waals surface area contributed by atoms with E-state index in [2.05, 4.69) is 6.92 Å². The lowest BCUT2D eigenvalue weighted by atomic mass is 9.71. The predicted molar refractivity (Wildman–Crippen MR) is 51.4 cm³/mol. The molecular weight excluding hydrogens is 166 g/mol. The Morgan fingerprint density at radius 3 is 2.38 bits per heavy atom. The molecule has 1 aliphatic carbocycles. The third-order valence-corrected chi connectivity index (χ3v) is 3.44. The second-order valence-corrected chi connectivity index (χ2v) is 4.48. The van der Waals surface area contributed by atoms with Crippen molar-refractivity contribution in [3.05, 3.63) is 0 Å². The van der Waals surface area contributed by atoms with Gasteiger partial charge in [0, 0.05) is 5.54 Å². The van der Waals surface area contributed by atoms with Crippen LogP contribution in [0.3, 0.4) is 0 Å². The molecule has 0 saturated heterocycles. The van der Waals surface area contributed by atoms with Crippen LogP contribution in [0.2, 0.25) is 0 Å². The molecule has 0 amide bonds. The standard InChI is InChI=1S/C10H19NO2/c1-7-3-5-10(11,6-4-7)8(2)9(12)13/h7-8H,3-6,11H2,1-2H3,(H,12,13)/t7?,8-,10?/m1/s1. The van der Waals surface area contributed by atoms with Crippen LogP contribution in [0.1, 0.15) is 39.5 Å². The molecule has 76 valence electrons. The van der Waals surface area contributed by atoms with Crippen LogP contribution in [0.15, 0.2) is 0 Å². The van der Waals surface area contributed by atoms with Gasteiger partial charge < -0.3 is 10.8 Å². The highest BCUT2D eigenvalue weighted by Gasteiger charge is 2.38. The highest BCUT2D eigenvalue weighted by atomic mass is 16.4. The van der Waals surface area contributed by atoms with Gasteiger partial charge in [0.25, 0.3) is 0 Å². The van der Waals surface area contributed by atoms with Crippen molar-refractivity contribution in [1.82, 2.24) is 0 Å². The first-order valence-corrected chi connectivity index (χ1v) is 4.97. The highest BCUT2D eigenvalue weighted by molar-refractivity contribution is 5.71. The van der Waals surface area contributed by atoms with Gasteiger partial charge in [0.05, 0.1) is 5.92 Å². The van der Waals surface area contributed by atoms with Crippen molar-refractivity contribution in [3.8, 4) is 0 Å². The molecule has 1 atom stereocenters. The van der Waals surface area contributed by atoms with E-state index in [1.807, 2.05) is 0 Å². The van der Waals surface area contributed by atoms with E-state index < -0.39 is 17.4 Å². The van der Waals surface area contributed by atoms with Crippen LogP contribution < -0.4 is 5.73 Å². The topological polar surface area (TPSA) is 63.3 Å². The van der Waals surface area contributed by atoms with Gasteiger partial charge in [-0.15, -0.1) is 0 Å². The van der Waals surface area contributed by atoms with E-state index in [-0.39, 0.29) is 0 Å². The Bertz CT molecular complexity index is 195. The summed E-state index contributed by atoms with van der Waals surface area (Å²) in [6.45, 7) is 3.92. The SMILES string of the molecule is CC1CCC(N)([C@H](C)C(=O)O)CC1. The van der Waals surface area contributed by atoms with Crippen molar-refractivity contribution in [3.63, 3.8) is 0 Å². The third-order valence-electron chi connectivity index (χ3n) is 3.44. The van der Waals surface area contributed by atoms with Crippen LogP contribution in [0.4, 0.5) is 0 Å². The molecule has 1 rings (SSSR count). The molecule has 0 radical (unpaired) electrons. The van der Waals surface area contributed by atoms with Crippen LogP contribution >= 0.6 is 0 Å². The van der Waals surface area contributed by atoms with E-state index in [1.54, 1.807) is 6.92 Å². The second kappa shape index (κ2) is 3.66. The van der Waals surface area contributed by atoms with Crippen molar-refractivity contribution in [2.24, 2.45) is 17.6 Å². The van der Waals surface area contributed by atoms with Gasteiger partial charge in [-0.1, -0.05) is 13.8 Å². The highest BCUT2D eigenvalue weighted by Crippen LogP contribution is 2.35. The van der Waals surface area contributed by atoms with Gasteiger partial charge in [0.15, 0.2) is 0 Å². The molecule has 1 saturated carbocycles. The maximum Gasteiger partial charge on any atom is 0.308 e. The minimum Gasteiger partial charge on any atom is -0.481 e. The third kappa shape index (κ3) is 2.21. The first kappa shape index (κ1) is 10.5. The molecule has 1 aliphatic rings. The fourth-order valence-electron chi connectivity index (χ4n) is 1.98. The maximum atomic E-state index is 10.8. The summed E-state index contributed by atoms with van der Waals surface area (Å²) in [5, 5.41) is 8.89. The van der Waals surface area contributed by atoms with Crippen LogP contribution in [0.25, 0.3) is 0 Å². The summed E-state index contributed by atoms with van der Waals surface area (Å²) in [4.78, 5) is 10.8. The lowest BCUT2D eigenvalue weighted by Gasteiger charge is -2.38. The largest absolute Gasteiger partial charge is 0.481 e. The van der Waals surface area contributed by atoms with E-state index >= 15 is 0 Å². The number of hydrogen-bond donors (Lipinski definition) is 2. The number of nitrogens with two attached hydrogens (primary N) is 1. The van der Waals surface area contributed by atoms with E-state index in [0.717, 1.165) is 25.7 Å². The summed E-state index contributed by atoms with van der Waals surface area (Å²) in [5.41, 5.74) is 5.62. The van der Waals surface area contributed by atoms with Crippen LogP contribution in [0.5, 0.6) is 0 Å². The average molecular weight is 185 g/mol. The molecule has 0 aromatic heterocycles. The van der Waals surface area contributed by atoms with E-state index in [0.29, 0.717) is 5.92 Å². The first-order chi connectivity index (χ1) is 5.96. The second-order valence-electron chi connectivity index (χ2n) is 4.48. The minimum absolute atomic E-state index is 0.417. The smallest absolute Gasteiger partial charge is 0.308 e. The molecule has 0 unspecified atom stereocenters. The molecule has 3 heteroatoms. The number of carboxylic acid groups (broad SMARTS) is 1. The zero-order valence-electron chi connectivity index (χ0n) is 8.42. The zero-order valence-corrected chi connectivity index (χ0v) is 8.42. The Morgan fingerprint density at radius 1 is 1.54 bits per heavy atom. The van der Waals surface area contributed by atoms with Crippen molar-refractivity contribution in [1.29, 1.82) is 0 Å². The van der Waals surface area contributed by atoms with Gasteiger partial charge in [-0.05, 0) is 31.6 Å². The Balaban J connectivity index is 2.61. The summed E-state index contributed by atoms with van der Waals surface area (Å²) in [6, 6.07) is 0. The van der Waals surface area contributed by atoms with Gasteiger partial charge in [-0.25, -0.2) is 0 Å². The van der Waals surface area contributed by atoms with Gasteiger partial charge in [0.1, 0.15) is 0 Å². The van der Waals surface area contributed by atoms with E-state index in [4.69, 9.17) is 10.8 Å². The van der Waals surface area contributed by atoms with Crippen LogP contribution in [-0.2, 0) is 4.79 Å². The van der Waals surface area contributed by atoms with Gasteiger partial charge >= 0.3 is 5.97 Å². The summed E-state index contributed by atoms with van der Waals surface area (Å²) in [5.74, 6) is -0.477. The Hall–Kier alpha value is -0.570. The van der Waals surface area contributed by atoms with Crippen molar-refractivity contribution in [2.45, 2.75) is 45.1 Å². The maximum absolute atomic E-state index is 10.8. The van der Waals surface area contributed by atoms with E-state index in [1.165, 1.54) is 0 Å². The molecule has 0 bridgehead atoms. The zero-order chi connectivity index (χ0) is 10.1. The number of rotatable bonds is 2. The summed E-state index contributed by atoms with van der Waals surface area (Å²) in [7, 11) is 0. The molecule has 13 heavy (non-hydrogen) atoms. The quantitative estimate of drug-likeness (QED) is 0.687. The lowest BCUT2D eigenvalue weighted by molar-refractivity contribution is -0.144. The fourth-order valence-corrected chi connectivity index (χ4v) is 1.98. The predicted octanol–water partition coefficient (Wildman–Crippen LogP) is 1.61. The van der Waals surface area contributed by atoms with Gasteiger partial charge in [-0.2, -0.15) is 0 Å². The molecule has 0 aromatic rings. The molecule has 0 aliphatic heterocycles. The fraction of sp³-hybridized carbons (Fsp3) is 0.900. The monoisotopic (exact) mass is 185 g/mol. The van der Waals surface area contributed by atoms with Gasteiger partial charge in [0.2, 0.25) is 0 Å². The molecule has 3 nitrogen and oxygen atoms in total. The van der Waals surface area contributed by atoms with Crippen molar-refractivity contribution in [2.75, 3.05) is 0 Å². The van der Waals surface area contributed by atoms with Gasteiger partial charge in [-0.3, -0.25) is 4.79 Å². The Morgan fingerprint density at radius 2 is 2.00 bits per heavy atom. The Labute approximate surface area is 79.3 Å². The number of aliphatic carboxylic acids is 1. The van der Waals surface area contributed by atoms with Crippen molar-refractivity contribution >= 4 is 5.97 Å². The lowest BCUT2D eigenvalue weighted by Crippen LogP contribution is -2.51. The average Bonchev–Trinajstić information content (AvgIpc) is 2.09. The summed E-state index contributed by atoms with van der Waals surface area (Å²) >= 11 is 0. The number of carbonyl (C=O) groups is 1. The molecular formula is C10H19NO2. The molecule has 0 aromatic carbocycles. The number of hydrogen-bond acceptors (Lipinski definition) is 2.